The summed E-state index contributed by atoms with van der Waals surface area (Å²) in [7, 11) is 5.41. The monoisotopic (exact) mass is 264 g/mol. The third-order valence-corrected chi connectivity index (χ3v) is 2.91. The van der Waals surface area contributed by atoms with Crippen molar-refractivity contribution in [3.63, 3.8) is 0 Å². The Labute approximate surface area is 108 Å². The van der Waals surface area contributed by atoms with E-state index in [2.05, 4.69) is 5.32 Å². The van der Waals surface area contributed by atoms with E-state index in [0.29, 0.717) is 18.9 Å². The SMILES string of the molecule is COCCSCC(=O)NCC(C)(O)CN(C)C. The lowest BCUT2D eigenvalue weighted by molar-refractivity contribution is -0.119. The van der Waals surface area contributed by atoms with Gasteiger partial charge >= 0.3 is 0 Å². The van der Waals surface area contributed by atoms with Crippen LogP contribution >= 0.6 is 11.8 Å². The van der Waals surface area contributed by atoms with E-state index in [0.717, 1.165) is 5.75 Å². The summed E-state index contributed by atoms with van der Waals surface area (Å²) in [6, 6.07) is 0. The molecule has 0 aromatic rings. The minimum absolute atomic E-state index is 0.0508. The van der Waals surface area contributed by atoms with Crippen molar-refractivity contribution >= 4 is 17.7 Å². The molecule has 0 radical (unpaired) electrons. The first-order chi connectivity index (χ1) is 7.87. The van der Waals surface area contributed by atoms with Crippen molar-refractivity contribution in [3.05, 3.63) is 0 Å². The molecule has 0 aromatic carbocycles. The van der Waals surface area contributed by atoms with Gasteiger partial charge in [-0.1, -0.05) is 0 Å². The summed E-state index contributed by atoms with van der Waals surface area (Å²) in [5.41, 5.74) is -0.893. The second-order valence-electron chi connectivity index (χ2n) is 4.56. The van der Waals surface area contributed by atoms with Gasteiger partial charge in [0.1, 0.15) is 0 Å². The van der Waals surface area contributed by atoms with Crippen LogP contribution in [0.3, 0.4) is 0 Å². The number of carbonyl (C=O) groups is 1. The van der Waals surface area contributed by atoms with E-state index in [1.54, 1.807) is 14.0 Å². The van der Waals surface area contributed by atoms with Gasteiger partial charge in [-0.2, -0.15) is 0 Å². The summed E-state index contributed by atoms with van der Waals surface area (Å²) in [5, 5.41) is 12.7. The first kappa shape index (κ1) is 16.7. The van der Waals surface area contributed by atoms with E-state index in [1.807, 2.05) is 19.0 Å². The molecule has 5 nitrogen and oxygen atoms in total. The molecule has 0 aliphatic heterocycles. The van der Waals surface area contributed by atoms with Crippen LogP contribution in [0.4, 0.5) is 0 Å². The van der Waals surface area contributed by atoms with Crippen LogP contribution in [0.25, 0.3) is 0 Å². The van der Waals surface area contributed by atoms with E-state index in [-0.39, 0.29) is 12.5 Å². The van der Waals surface area contributed by atoms with Gasteiger partial charge in [0.2, 0.25) is 5.91 Å². The van der Waals surface area contributed by atoms with Crippen molar-refractivity contribution in [1.82, 2.24) is 10.2 Å². The van der Waals surface area contributed by atoms with E-state index in [1.165, 1.54) is 11.8 Å². The highest BCUT2D eigenvalue weighted by Gasteiger charge is 2.21. The number of hydrogen-bond donors (Lipinski definition) is 2. The van der Waals surface area contributed by atoms with Crippen molar-refractivity contribution in [2.75, 3.05) is 52.4 Å². The largest absolute Gasteiger partial charge is 0.387 e. The molecule has 2 N–H and O–H groups in total. The molecule has 0 rings (SSSR count). The fraction of sp³-hybridized carbons (Fsp3) is 0.909. The molecule has 0 aromatic heterocycles. The Kier molecular flexibility index (Phi) is 8.59. The average Bonchev–Trinajstić information content (AvgIpc) is 2.20. The number of nitrogens with one attached hydrogen (secondary N) is 1. The van der Waals surface area contributed by atoms with Gasteiger partial charge in [-0.15, -0.1) is 11.8 Å². The van der Waals surface area contributed by atoms with Gasteiger partial charge in [0.15, 0.2) is 0 Å². The number of nitrogens with zero attached hydrogens (tertiary/aromatic N) is 1. The minimum Gasteiger partial charge on any atom is -0.387 e. The third kappa shape index (κ3) is 10.6. The zero-order chi connectivity index (χ0) is 13.3. The molecule has 0 heterocycles. The molecule has 1 amide bonds. The van der Waals surface area contributed by atoms with Crippen molar-refractivity contribution in [1.29, 1.82) is 0 Å². The lowest BCUT2D eigenvalue weighted by Crippen LogP contribution is -2.47. The lowest BCUT2D eigenvalue weighted by Gasteiger charge is -2.27. The molecule has 0 fully saturated rings. The number of carbonyl (C=O) groups excluding carboxylic acids is 1. The Bertz CT molecular complexity index is 223. The van der Waals surface area contributed by atoms with Crippen LogP contribution < -0.4 is 5.32 Å². The van der Waals surface area contributed by atoms with Crippen molar-refractivity contribution in [2.24, 2.45) is 0 Å². The van der Waals surface area contributed by atoms with E-state index in [9.17, 15) is 9.90 Å². The van der Waals surface area contributed by atoms with E-state index >= 15 is 0 Å². The molecule has 1 unspecified atom stereocenters. The Morgan fingerprint density at radius 1 is 1.53 bits per heavy atom. The average molecular weight is 264 g/mol. The van der Waals surface area contributed by atoms with Crippen LogP contribution in [0.5, 0.6) is 0 Å². The lowest BCUT2D eigenvalue weighted by atomic mass is 10.1. The van der Waals surface area contributed by atoms with Gasteiger partial charge in [-0.25, -0.2) is 0 Å². The van der Waals surface area contributed by atoms with Crippen molar-refractivity contribution in [3.8, 4) is 0 Å². The van der Waals surface area contributed by atoms with Gasteiger partial charge in [0.05, 0.1) is 18.0 Å². The van der Waals surface area contributed by atoms with Gasteiger partial charge in [-0.05, 0) is 21.0 Å². The molecule has 0 aliphatic carbocycles. The first-order valence-corrected chi connectivity index (χ1v) is 6.73. The maximum absolute atomic E-state index is 11.4. The number of ether oxygens (including phenoxy) is 1. The van der Waals surface area contributed by atoms with Gasteiger partial charge in [0.25, 0.3) is 0 Å². The summed E-state index contributed by atoms with van der Waals surface area (Å²) in [6.45, 7) is 3.15. The van der Waals surface area contributed by atoms with Crippen LogP contribution in [0.1, 0.15) is 6.92 Å². The van der Waals surface area contributed by atoms with Crippen LogP contribution in [-0.4, -0.2) is 73.9 Å². The minimum atomic E-state index is -0.893. The van der Waals surface area contributed by atoms with Gasteiger partial charge < -0.3 is 20.1 Å². The first-order valence-electron chi connectivity index (χ1n) is 5.58. The quantitative estimate of drug-likeness (QED) is 0.565. The Morgan fingerprint density at radius 2 is 2.18 bits per heavy atom. The summed E-state index contributed by atoms with van der Waals surface area (Å²) in [6.07, 6.45) is 0. The molecule has 0 saturated heterocycles. The second-order valence-corrected chi connectivity index (χ2v) is 5.66. The van der Waals surface area contributed by atoms with E-state index < -0.39 is 5.60 Å². The summed E-state index contributed by atoms with van der Waals surface area (Å²) in [4.78, 5) is 13.3. The summed E-state index contributed by atoms with van der Waals surface area (Å²) < 4.78 is 4.88. The summed E-state index contributed by atoms with van der Waals surface area (Å²) >= 11 is 1.52. The number of amides is 1. The summed E-state index contributed by atoms with van der Waals surface area (Å²) in [5.74, 6) is 1.16. The maximum atomic E-state index is 11.4. The number of aliphatic hydroxyl groups is 1. The van der Waals surface area contributed by atoms with Crippen LogP contribution in [0.15, 0.2) is 0 Å². The fourth-order valence-corrected chi connectivity index (χ4v) is 2.10. The molecule has 1 atom stereocenters. The van der Waals surface area contributed by atoms with Gasteiger partial charge in [0, 0.05) is 26.0 Å². The molecule has 0 aliphatic rings. The highest BCUT2D eigenvalue weighted by Crippen LogP contribution is 2.03. The Hall–Kier alpha value is -0.300. The fourth-order valence-electron chi connectivity index (χ4n) is 1.38. The molecule has 0 bridgehead atoms. The van der Waals surface area contributed by atoms with Crippen LogP contribution in [-0.2, 0) is 9.53 Å². The zero-order valence-electron chi connectivity index (χ0n) is 11.2. The number of hydrogen-bond acceptors (Lipinski definition) is 5. The Morgan fingerprint density at radius 3 is 2.71 bits per heavy atom. The topological polar surface area (TPSA) is 61.8 Å². The highest BCUT2D eigenvalue weighted by atomic mass is 32.2. The normalized spacial score (nSPS) is 14.7. The maximum Gasteiger partial charge on any atom is 0.230 e. The molecular weight excluding hydrogens is 240 g/mol. The number of likely N-dealkylation sites (N-methyl/N-ethyl adjacent to an activating group) is 1. The van der Waals surface area contributed by atoms with Gasteiger partial charge in [-0.3, -0.25) is 4.79 Å². The van der Waals surface area contributed by atoms with E-state index in [4.69, 9.17) is 4.74 Å². The third-order valence-electron chi connectivity index (χ3n) is 1.99. The zero-order valence-corrected chi connectivity index (χ0v) is 12.0. The molecule has 6 heteroatoms. The molecule has 102 valence electrons. The number of methoxy groups -OCH3 is 1. The number of thioether (sulfide) groups is 1. The Balaban J connectivity index is 3.68. The standard InChI is InChI=1S/C11H24N2O3S/c1-11(15,9-13(2)3)8-12-10(14)7-17-6-5-16-4/h15H,5-9H2,1-4H3,(H,12,14). The van der Waals surface area contributed by atoms with Crippen LogP contribution in [0, 0.1) is 0 Å². The second kappa shape index (κ2) is 8.74. The molecule has 17 heavy (non-hydrogen) atoms. The van der Waals surface area contributed by atoms with Crippen molar-refractivity contribution < 1.29 is 14.6 Å². The van der Waals surface area contributed by atoms with Crippen LogP contribution in [0.2, 0.25) is 0 Å². The van der Waals surface area contributed by atoms with Crippen molar-refractivity contribution in [2.45, 2.75) is 12.5 Å². The molecule has 0 spiro atoms. The smallest absolute Gasteiger partial charge is 0.230 e. The predicted octanol–water partition coefficient (Wildman–Crippen LogP) is -0.205. The molecular formula is C11H24N2O3S. The number of rotatable bonds is 9. The predicted molar refractivity (Wildman–Crippen MR) is 71.4 cm³/mol. The molecule has 0 saturated carbocycles. The highest BCUT2D eigenvalue weighted by molar-refractivity contribution is 7.99.